The number of rotatable bonds is 7. The van der Waals surface area contributed by atoms with E-state index in [9.17, 15) is 4.79 Å². The van der Waals surface area contributed by atoms with Crippen LogP contribution in [0.2, 0.25) is 0 Å². The van der Waals surface area contributed by atoms with Crippen molar-refractivity contribution in [2.45, 2.75) is 19.9 Å². The Hall–Kier alpha value is -2.47. The lowest BCUT2D eigenvalue weighted by atomic mass is 10.1. The molecule has 2 heterocycles. The minimum Gasteiger partial charge on any atom is -0.340 e. The molecule has 0 aliphatic carbocycles. The lowest BCUT2D eigenvalue weighted by molar-refractivity contribution is 0.0767. The maximum absolute atomic E-state index is 12.6. The molecule has 1 fully saturated rings. The van der Waals surface area contributed by atoms with Gasteiger partial charge in [-0.05, 0) is 31.0 Å². The first-order valence-electron chi connectivity index (χ1n) is 9.25. The van der Waals surface area contributed by atoms with Gasteiger partial charge in [-0.25, -0.2) is 4.68 Å². The van der Waals surface area contributed by atoms with E-state index in [4.69, 9.17) is 0 Å². The molecule has 1 saturated heterocycles. The third-order valence-corrected chi connectivity index (χ3v) is 4.86. The largest absolute Gasteiger partial charge is 0.340 e. The molecule has 0 radical (unpaired) electrons. The number of aromatic nitrogens is 3. The van der Waals surface area contributed by atoms with Gasteiger partial charge in [-0.3, -0.25) is 4.79 Å². The second kappa shape index (κ2) is 8.76. The van der Waals surface area contributed by atoms with Gasteiger partial charge in [0.2, 0.25) is 0 Å². The van der Waals surface area contributed by atoms with Gasteiger partial charge in [-0.15, -0.1) is 5.10 Å². The molecule has 3 rings (SSSR count). The van der Waals surface area contributed by atoms with E-state index >= 15 is 0 Å². The summed E-state index contributed by atoms with van der Waals surface area (Å²) in [5.41, 5.74) is 1.55. The monoisotopic (exact) mass is 353 g/mol. The van der Waals surface area contributed by atoms with Crippen molar-refractivity contribution in [3.05, 3.63) is 53.9 Å². The molecule has 6 nitrogen and oxygen atoms in total. The van der Waals surface area contributed by atoms with Crippen LogP contribution in [0.15, 0.2) is 42.6 Å². The predicted octanol–water partition coefficient (Wildman–Crippen LogP) is 2.41. The van der Waals surface area contributed by atoms with Crippen LogP contribution in [0, 0.1) is 5.92 Å². The standard InChI is InChI=1S/C20H27N5O/c1-3-24-13-11-18(15-24)14-23(2)20(26)19-16-25(22-21-19)12-7-10-17-8-5-4-6-9-17/h4-10,16,18H,3,11-15H2,1-2H3. The first-order valence-corrected chi connectivity index (χ1v) is 9.25. The fourth-order valence-electron chi connectivity index (χ4n) is 3.36. The van der Waals surface area contributed by atoms with Crippen molar-refractivity contribution in [1.29, 1.82) is 0 Å². The smallest absolute Gasteiger partial charge is 0.275 e. The molecule has 1 aromatic heterocycles. The summed E-state index contributed by atoms with van der Waals surface area (Å²) in [5.74, 6) is 0.492. The summed E-state index contributed by atoms with van der Waals surface area (Å²) in [4.78, 5) is 16.8. The van der Waals surface area contributed by atoms with Gasteiger partial charge < -0.3 is 9.80 Å². The van der Waals surface area contributed by atoms with Crippen LogP contribution in [-0.4, -0.2) is 63.9 Å². The molecular weight excluding hydrogens is 326 g/mol. The number of nitrogens with zero attached hydrogens (tertiary/aromatic N) is 5. The molecule has 0 bridgehead atoms. The van der Waals surface area contributed by atoms with E-state index in [0.717, 1.165) is 38.2 Å². The first kappa shape index (κ1) is 18.3. The van der Waals surface area contributed by atoms with Crippen LogP contribution >= 0.6 is 0 Å². The van der Waals surface area contributed by atoms with E-state index in [1.54, 1.807) is 15.8 Å². The van der Waals surface area contributed by atoms with E-state index < -0.39 is 0 Å². The van der Waals surface area contributed by atoms with Gasteiger partial charge in [0, 0.05) is 20.1 Å². The van der Waals surface area contributed by atoms with Gasteiger partial charge in [-0.2, -0.15) is 0 Å². The third kappa shape index (κ3) is 4.79. The summed E-state index contributed by atoms with van der Waals surface area (Å²) >= 11 is 0. The van der Waals surface area contributed by atoms with E-state index in [1.807, 2.05) is 49.5 Å². The van der Waals surface area contributed by atoms with Gasteiger partial charge in [0.1, 0.15) is 0 Å². The zero-order chi connectivity index (χ0) is 18.4. The number of benzene rings is 1. The maximum atomic E-state index is 12.6. The van der Waals surface area contributed by atoms with Crippen LogP contribution in [0.4, 0.5) is 0 Å². The third-order valence-electron chi connectivity index (χ3n) is 4.86. The van der Waals surface area contributed by atoms with E-state index in [-0.39, 0.29) is 5.91 Å². The maximum Gasteiger partial charge on any atom is 0.275 e. The molecule has 6 heteroatoms. The summed E-state index contributed by atoms with van der Waals surface area (Å²) in [6.07, 6.45) is 6.93. The Labute approximate surface area is 155 Å². The molecule has 1 aliphatic heterocycles. The highest BCUT2D eigenvalue weighted by atomic mass is 16.2. The fraction of sp³-hybridized carbons (Fsp3) is 0.450. The minimum atomic E-state index is -0.0572. The molecule has 0 saturated carbocycles. The average Bonchev–Trinajstić information content (AvgIpc) is 3.31. The van der Waals surface area contributed by atoms with Gasteiger partial charge in [-0.1, -0.05) is 54.6 Å². The second-order valence-corrected chi connectivity index (χ2v) is 6.87. The molecule has 1 aromatic carbocycles. The fourth-order valence-corrected chi connectivity index (χ4v) is 3.36. The normalized spacial score (nSPS) is 17.8. The van der Waals surface area contributed by atoms with Gasteiger partial charge in [0.25, 0.3) is 5.91 Å². The summed E-state index contributed by atoms with van der Waals surface area (Å²) in [6, 6.07) is 10.1. The van der Waals surface area contributed by atoms with Crippen LogP contribution in [0.5, 0.6) is 0 Å². The summed E-state index contributed by atoms with van der Waals surface area (Å²) in [5, 5.41) is 8.11. The minimum absolute atomic E-state index is 0.0572. The quantitative estimate of drug-likeness (QED) is 0.767. The van der Waals surface area contributed by atoms with Crippen LogP contribution in [0.3, 0.4) is 0 Å². The Bertz CT molecular complexity index is 740. The number of hydrogen-bond acceptors (Lipinski definition) is 4. The Morgan fingerprint density at radius 1 is 1.35 bits per heavy atom. The van der Waals surface area contributed by atoms with Crippen molar-refractivity contribution in [3.63, 3.8) is 0 Å². The zero-order valence-electron chi connectivity index (χ0n) is 15.6. The molecule has 138 valence electrons. The Morgan fingerprint density at radius 2 is 2.15 bits per heavy atom. The topological polar surface area (TPSA) is 54.3 Å². The zero-order valence-corrected chi connectivity index (χ0v) is 15.6. The predicted molar refractivity (Wildman–Crippen MR) is 103 cm³/mol. The summed E-state index contributed by atoms with van der Waals surface area (Å²) < 4.78 is 1.69. The van der Waals surface area contributed by atoms with E-state index in [2.05, 4.69) is 22.1 Å². The van der Waals surface area contributed by atoms with Gasteiger partial charge >= 0.3 is 0 Å². The highest BCUT2D eigenvalue weighted by molar-refractivity contribution is 5.91. The van der Waals surface area contributed by atoms with Crippen LogP contribution < -0.4 is 0 Å². The van der Waals surface area contributed by atoms with Crippen LogP contribution in [0.25, 0.3) is 6.08 Å². The van der Waals surface area contributed by atoms with Gasteiger partial charge in [0.05, 0.1) is 12.7 Å². The van der Waals surface area contributed by atoms with E-state index in [1.165, 1.54) is 0 Å². The Kier molecular flexibility index (Phi) is 6.17. The Morgan fingerprint density at radius 3 is 2.88 bits per heavy atom. The van der Waals surface area contributed by atoms with Crippen LogP contribution in [0.1, 0.15) is 29.4 Å². The molecule has 1 amide bonds. The molecular formula is C20H27N5O. The lowest BCUT2D eigenvalue weighted by Gasteiger charge is -2.20. The highest BCUT2D eigenvalue weighted by Crippen LogP contribution is 2.17. The number of likely N-dealkylation sites (tertiary alicyclic amines) is 1. The number of carbonyl (C=O) groups excluding carboxylic acids is 1. The number of hydrogen-bond donors (Lipinski definition) is 0. The molecule has 1 aliphatic rings. The van der Waals surface area contributed by atoms with Crippen molar-refractivity contribution >= 4 is 12.0 Å². The first-order chi connectivity index (χ1) is 12.7. The SMILES string of the molecule is CCN1CCC(CN(C)C(=O)c2cn(CC=Cc3ccccc3)nn2)C1. The van der Waals surface area contributed by atoms with Crippen molar-refractivity contribution in [2.24, 2.45) is 5.92 Å². The summed E-state index contributed by atoms with van der Waals surface area (Å²) in [7, 11) is 1.85. The molecule has 2 aromatic rings. The van der Waals surface area contributed by atoms with E-state index in [0.29, 0.717) is 18.2 Å². The lowest BCUT2D eigenvalue weighted by Crippen LogP contribution is -2.33. The molecule has 1 unspecified atom stereocenters. The van der Waals surface area contributed by atoms with Crippen molar-refractivity contribution in [2.75, 3.05) is 33.2 Å². The number of allylic oxidation sites excluding steroid dienone is 1. The van der Waals surface area contributed by atoms with Crippen molar-refractivity contribution in [3.8, 4) is 0 Å². The average molecular weight is 353 g/mol. The molecule has 26 heavy (non-hydrogen) atoms. The number of amides is 1. The number of carbonyl (C=O) groups is 1. The molecule has 0 N–H and O–H groups in total. The highest BCUT2D eigenvalue weighted by Gasteiger charge is 2.25. The second-order valence-electron chi connectivity index (χ2n) is 6.87. The molecule has 0 spiro atoms. The van der Waals surface area contributed by atoms with Gasteiger partial charge in [0.15, 0.2) is 5.69 Å². The van der Waals surface area contributed by atoms with Crippen molar-refractivity contribution < 1.29 is 4.79 Å². The Balaban J connectivity index is 1.51. The van der Waals surface area contributed by atoms with Crippen molar-refractivity contribution in [1.82, 2.24) is 24.8 Å². The summed E-state index contributed by atoms with van der Waals surface area (Å²) in [6.45, 7) is 6.84. The molecule has 1 atom stereocenters. The van der Waals surface area contributed by atoms with Crippen LogP contribution in [-0.2, 0) is 6.54 Å².